The molecule has 1 aromatic carbocycles. The first kappa shape index (κ1) is 12.3. The fourth-order valence-corrected chi connectivity index (χ4v) is 2.74. The second-order valence-electron chi connectivity index (χ2n) is 4.98. The Balaban J connectivity index is 1.86. The zero-order chi connectivity index (χ0) is 13.2. The highest BCUT2D eigenvalue weighted by molar-refractivity contribution is 5.32. The number of aromatic nitrogens is 3. The van der Waals surface area contributed by atoms with Crippen LogP contribution in [0.5, 0.6) is 0 Å². The lowest BCUT2D eigenvalue weighted by molar-refractivity contribution is 0.105. The third kappa shape index (κ3) is 2.27. The Bertz CT molecular complexity index is 566. The Labute approximate surface area is 112 Å². The van der Waals surface area contributed by atoms with E-state index < -0.39 is 0 Å². The van der Waals surface area contributed by atoms with Crippen LogP contribution in [0.15, 0.2) is 30.6 Å². The van der Waals surface area contributed by atoms with Gasteiger partial charge in [0.15, 0.2) is 0 Å². The summed E-state index contributed by atoms with van der Waals surface area (Å²) >= 11 is 0. The maximum absolute atomic E-state index is 9.72. The van der Waals surface area contributed by atoms with E-state index >= 15 is 0 Å². The van der Waals surface area contributed by atoms with E-state index in [9.17, 15) is 5.11 Å². The molecule has 0 saturated carbocycles. The van der Waals surface area contributed by atoms with Crippen molar-refractivity contribution in [3.8, 4) is 0 Å². The lowest BCUT2D eigenvalue weighted by Crippen LogP contribution is -2.37. The molecule has 0 radical (unpaired) electrons. The van der Waals surface area contributed by atoms with Crippen LogP contribution in [0, 0.1) is 0 Å². The van der Waals surface area contributed by atoms with E-state index in [1.165, 1.54) is 11.1 Å². The van der Waals surface area contributed by atoms with Gasteiger partial charge in [0.2, 0.25) is 0 Å². The molecule has 0 bridgehead atoms. The number of benzene rings is 1. The van der Waals surface area contributed by atoms with Crippen molar-refractivity contribution in [1.82, 2.24) is 19.7 Å². The lowest BCUT2D eigenvalue weighted by Gasteiger charge is -2.35. The van der Waals surface area contributed by atoms with E-state index in [0.29, 0.717) is 0 Å². The fraction of sp³-hybridized carbons (Fsp3) is 0.429. The molecule has 2 heterocycles. The topological polar surface area (TPSA) is 54.2 Å². The molecule has 19 heavy (non-hydrogen) atoms. The molecule has 1 aliphatic heterocycles. The Morgan fingerprint density at radius 1 is 1.37 bits per heavy atom. The minimum atomic E-state index is 0.0571. The Hall–Kier alpha value is -1.72. The van der Waals surface area contributed by atoms with Crippen molar-refractivity contribution in [2.75, 3.05) is 13.2 Å². The van der Waals surface area contributed by atoms with E-state index in [-0.39, 0.29) is 12.6 Å². The second-order valence-corrected chi connectivity index (χ2v) is 4.98. The number of aryl methyl sites for hydroxylation is 1. The third-order valence-corrected chi connectivity index (χ3v) is 3.85. The molecule has 1 atom stereocenters. The number of nitrogens with zero attached hydrogens (tertiary/aromatic N) is 4. The van der Waals surface area contributed by atoms with Crippen molar-refractivity contribution in [2.24, 2.45) is 7.05 Å². The van der Waals surface area contributed by atoms with Gasteiger partial charge in [-0.1, -0.05) is 24.3 Å². The standard InChI is InChI=1S/C14H18N4O/c1-17-10-15-16-14(17)8-18-7-6-11-4-2-3-5-12(11)13(18)9-19/h2-5,10,13,19H,6-9H2,1H3. The Kier molecular flexibility index (Phi) is 3.31. The van der Waals surface area contributed by atoms with Crippen LogP contribution < -0.4 is 0 Å². The maximum atomic E-state index is 9.72. The molecule has 5 heteroatoms. The van der Waals surface area contributed by atoms with Gasteiger partial charge in [-0.15, -0.1) is 10.2 Å². The van der Waals surface area contributed by atoms with Gasteiger partial charge in [0.1, 0.15) is 12.2 Å². The van der Waals surface area contributed by atoms with Crippen LogP contribution in [0.1, 0.15) is 23.0 Å². The van der Waals surface area contributed by atoms with Gasteiger partial charge in [-0.05, 0) is 17.5 Å². The first-order valence-corrected chi connectivity index (χ1v) is 6.55. The molecule has 1 aliphatic rings. The van der Waals surface area contributed by atoms with Crippen molar-refractivity contribution >= 4 is 0 Å². The predicted molar refractivity (Wildman–Crippen MR) is 71.4 cm³/mol. The molecule has 1 unspecified atom stereocenters. The van der Waals surface area contributed by atoms with Crippen molar-refractivity contribution in [3.63, 3.8) is 0 Å². The summed E-state index contributed by atoms with van der Waals surface area (Å²) < 4.78 is 1.93. The minimum Gasteiger partial charge on any atom is -0.394 e. The summed E-state index contributed by atoms with van der Waals surface area (Å²) in [5.41, 5.74) is 2.58. The quantitative estimate of drug-likeness (QED) is 0.889. The van der Waals surface area contributed by atoms with Crippen LogP contribution in [-0.4, -0.2) is 37.9 Å². The summed E-state index contributed by atoms with van der Waals surface area (Å²) in [6, 6.07) is 8.41. The van der Waals surface area contributed by atoms with Gasteiger partial charge in [0, 0.05) is 13.6 Å². The highest BCUT2D eigenvalue weighted by Gasteiger charge is 2.27. The van der Waals surface area contributed by atoms with Crippen LogP contribution in [0.25, 0.3) is 0 Å². The minimum absolute atomic E-state index is 0.0571. The third-order valence-electron chi connectivity index (χ3n) is 3.85. The molecule has 1 N–H and O–H groups in total. The summed E-state index contributed by atoms with van der Waals surface area (Å²) in [5.74, 6) is 0.929. The van der Waals surface area contributed by atoms with E-state index in [1.54, 1.807) is 6.33 Å². The normalized spacial score (nSPS) is 19.4. The highest BCUT2D eigenvalue weighted by Crippen LogP contribution is 2.30. The fourth-order valence-electron chi connectivity index (χ4n) is 2.74. The highest BCUT2D eigenvalue weighted by atomic mass is 16.3. The molecule has 5 nitrogen and oxygen atoms in total. The number of hydrogen-bond acceptors (Lipinski definition) is 4. The Morgan fingerprint density at radius 3 is 2.95 bits per heavy atom. The van der Waals surface area contributed by atoms with E-state index in [4.69, 9.17) is 0 Å². The van der Waals surface area contributed by atoms with Gasteiger partial charge in [-0.25, -0.2) is 0 Å². The molecule has 2 aromatic rings. The van der Waals surface area contributed by atoms with E-state index in [0.717, 1.165) is 25.3 Å². The molecule has 0 aliphatic carbocycles. The molecular weight excluding hydrogens is 240 g/mol. The van der Waals surface area contributed by atoms with Gasteiger partial charge in [-0.3, -0.25) is 4.90 Å². The summed E-state index contributed by atoms with van der Waals surface area (Å²) in [6.07, 6.45) is 2.73. The molecule has 0 fully saturated rings. The van der Waals surface area contributed by atoms with Crippen LogP contribution in [0.2, 0.25) is 0 Å². The summed E-state index contributed by atoms with van der Waals surface area (Å²) in [6.45, 7) is 1.79. The number of rotatable bonds is 3. The van der Waals surface area contributed by atoms with Crippen LogP contribution in [0.3, 0.4) is 0 Å². The largest absolute Gasteiger partial charge is 0.394 e. The maximum Gasteiger partial charge on any atom is 0.146 e. The average Bonchev–Trinajstić information content (AvgIpc) is 2.84. The number of hydrogen-bond donors (Lipinski definition) is 1. The molecule has 0 spiro atoms. The first-order valence-electron chi connectivity index (χ1n) is 6.55. The second kappa shape index (κ2) is 5.11. The SMILES string of the molecule is Cn1cnnc1CN1CCc2ccccc2C1CO. The number of fused-ring (bicyclic) bond motifs is 1. The van der Waals surface area contributed by atoms with Gasteiger partial charge in [0.25, 0.3) is 0 Å². The van der Waals surface area contributed by atoms with Crippen molar-refractivity contribution in [3.05, 3.63) is 47.5 Å². The molecule has 0 saturated heterocycles. The number of aliphatic hydroxyl groups excluding tert-OH is 1. The van der Waals surface area contributed by atoms with Crippen molar-refractivity contribution in [1.29, 1.82) is 0 Å². The van der Waals surface area contributed by atoms with E-state index in [1.807, 2.05) is 17.7 Å². The van der Waals surface area contributed by atoms with Gasteiger partial charge in [0.05, 0.1) is 19.2 Å². The summed E-state index contributed by atoms with van der Waals surface area (Å²) in [4.78, 5) is 2.27. The lowest BCUT2D eigenvalue weighted by atomic mass is 9.93. The molecule has 0 amide bonds. The zero-order valence-electron chi connectivity index (χ0n) is 11.0. The van der Waals surface area contributed by atoms with Crippen molar-refractivity contribution < 1.29 is 5.11 Å². The zero-order valence-corrected chi connectivity index (χ0v) is 11.0. The number of aliphatic hydroxyl groups is 1. The molecular formula is C14H18N4O. The monoisotopic (exact) mass is 258 g/mol. The summed E-state index contributed by atoms with van der Waals surface area (Å²) in [7, 11) is 1.95. The first-order chi connectivity index (χ1) is 9.29. The molecule has 100 valence electrons. The van der Waals surface area contributed by atoms with Crippen LogP contribution in [0.4, 0.5) is 0 Å². The van der Waals surface area contributed by atoms with Crippen molar-refractivity contribution in [2.45, 2.75) is 19.0 Å². The van der Waals surface area contributed by atoms with E-state index in [2.05, 4.69) is 33.3 Å². The van der Waals surface area contributed by atoms with Gasteiger partial charge in [-0.2, -0.15) is 0 Å². The van der Waals surface area contributed by atoms with Gasteiger partial charge < -0.3 is 9.67 Å². The van der Waals surface area contributed by atoms with Gasteiger partial charge >= 0.3 is 0 Å². The predicted octanol–water partition coefficient (Wildman–Crippen LogP) is 0.907. The van der Waals surface area contributed by atoms with Crippen LogP contribution in [-0.2, 0) is 20.0 Å². The Morgan fingerprint density at radius 2 is 2.21 bits per heavy atom. The molecule has 1 aromatic heterocycles. The smallest absolute Gasteiger partial charge is 0.146 e. The van der Waals surface area contributed by atoms with Crippen LogP contribution >= 0.6 is 0 Å². The average molecular weight is 258 g/mol. The molecule has 3 rings (SSSR count). The summed E-state index contributed by atoms with van der Waals surface area (Å²) in [5, 5.41) is 17.8.